The smallest absolute Gasteiger partial charge is 0.323 e. The van der Waals surface area contributed by atoms with Crippen LogP contribution in [0, 0.1) is 5.41 Å². The minimum atomic E-state index is -1.46. The zero-order valence-corrected chi connectivity index (χ0v) is 10.2. The summed E-state index contributed by atoms with van der Waals surface area (Å²) in [6.07, 6.45) is 1.02. The number of hydrogen-bond acceptors (Lipinski definition) is 3. The first-order valence-corrected chi connectivity index (χ1v) is 5.45. The average molecular weight is 228 g/mol. The molecule has 0 aliphatic heterocycles. The lowest BCUT2D eigenvalue weighted by Crippen LogP contribution is -2.41. The summed E-state index contributed by atoms with van der Waals surface area (Å²) in [7, 11) is 0. The molecule has 4 heteroatoms. The summed E-state index contributed by atoms with van der Waals surface area (Å²) in [4.78, 5) is 23.1. The topological polar surface area (TPSA) is 63.6 Å². The molecule has 0 saturated heterocycles. The van der Waals surface area contributed by atoms with Crippen molar-refractivity contribution >= 4 is 11.9 Å². The summed E-state index contributed by atoms with van der Waals surface area (Å²) in [5.41, 5.74) is -0.791. The maximum Gasteiger partial charge on any atom is 0.323 e. The Labute approximate surface area is 96.3 Å². The van der Waals surface area contributed by atoms with Crippen LogP contribution in [-0.2, 0) is 14.3 Å². The fraction of sp³-hybridized carbons (Fsp3) is 0.667. The molecule has 0 aliphatic rings. The van der Waals surface area contributed by atoms with E-state index in [0.717, 1.165) is 0 Å². The number of esters is 1. The van der Waals surface area contributed by atoms with Crippen LogP contribution in [0.25, 0.3) is 0 Å². The second-order valence-corrected chi connectivity index (χ2v) is 3.99. The minimum absolute atomic E-state index is 0.134. The van der Waals surface area contributed by atoms with Gasteiger partial charge in [0.2, 0.25) is 0 Å². The van der Waals surface area contributed by atoms with Gasteiger partial charge in [0.05, 0.1) is 6.61 Å². The molecule has 0 radical (unpaired) electrons. The number of ether oxygens (including phenoxy) is 1. The van der Waals surface area contributed by atoms with Gasteiger partial charge in [-0.25, -0.2) is 0 Å². The van der Waals surface area contributed by atoms with Crippen molar-refractivity contribution < 1.29 is 19.4 Å². The van der Waals surface area contributed by atoms with Gasteiger partial charge < -0.3 is 9.84 Å². The normalized spacial score (nSPS) is 13.9. The van der Waals surface area contributed by atoms with Crippen LogP contribution in [0.2, 0.25) is 0 Å². The molecule has 0 fully saturated rings. The van der Waals surface area contributed by atoms with Crippen molar-refractivity contribution in [1.29, 1.82) is 0 Å². The van der Waals surface area contributed by atoms with Crippen molar-refractivity contribution in [2.24, 2.45) is 5.41 Å². The van der Waals surface area contributed by atoms with Crippen LogP contribution in [0.4, 0.5) is 0 Å². The highest BCUT2D eigenvalue weighted by Gasteiger charge is 2.46. The van der Waals surface area contributed by atoms with Gasteiger partial charge in [0.1, 0.15) is 0 Å². The van der Waals surface area contributed by atoms with Crippen molar-refractivity contribution in [2.45, 2.75) is 40.0 Å². The molecule has 92 valence electrons. The third-order valence-corrected chi connectivity index (χ3v) is 2.36. The van der Waals surface area contributed by atoms with Crippen molar-refractivity contribution in [3.63, 3.8) is 0 Å². The first-order chi connectivity index (χ1) is 7.40. The molecular formula is C12H20O4. The van der Waals surface area contributed by atoms with Gasteiger partial charge in [-0.3, -0.25) is 9.59 Å². The van der Waals surface area contributed by atoms with Gasteiger partial charge >= 0.3 is 11.9 Å². The maximum absolute atomic E-state index is 11.8. The molecule has 0 rings (SSSR count). The lowest BCUT2D eigenvalue weighted by atomic mass is 9.78. The molecule has 1 atom stereocenters. The second kappa shape index (κ2) is 6.30. The van der Waals surface area contributed by atoms with E-state index >= 15 is 0 Å². The van der Waals surface area contributed by atoms with Crippen LogP contribution in [0.15, 0.2) is 12.2 Å². The van der Waals surface area contributed by atoms with E-state index in [0.29, 0.717) is 12.0 Å². The van der Waals surface area contributed by atoms with E-state index in [4.69, 9.17) is 4.74 Å². The van der Waals surface area contributed by atoms with E-state index in [2.05, 4.69) is 6.58 Å². The zero-order chi connectivity index (χ0) is 12.8. The first-order valence-electron chi connectivity index (χ1n) is 5.45. The van der Waals surface area contributed by atoms with Gasteiger partial charge in [0.15, 0.2) is 5.41 Å². The van der Waals surface area contributed by atoms with E-state index in [9.17, 15) is 14.7 Å². The van der Waals surface area contributed by atoms with Gasteiger partial charge in [-0.05, 0) is 26.7 Å². The Kier molecular flexibility index (Phi) is 5.78. The number of carbonyl (C=O) groups is 2. The van der Waals surface area contributed by atoms with E-state index in [1.54, 1.807) is 13.8 Å². The number of carboxylic acids is 1. The standard InChI is InChI=1S/C12H20O4/c1-5-7-12(10(13)14,8-9(3)4)11(15)16-6-2/h3,5-8H2,1-2,4H3,(H,13,14). The first kappa shape index (κ1) is 14.7. The predicted molar refractivity (Wildman–Crippen MR) is 61.0 cm³/mol. The molecule has 4 nitrogen and oxygen atoms in total. The molecule has 16 heavy (non-hydrogen) atoms. The van der Waals surface area contributed by atoms with Gasteiger partial charge in [-0.2, -0.15) is 0 Å². The zero-order valence-electron chi connectivity index (χ0n) is 10.2. The highest BCUT2D eigenvalue weighted by molar-refractivity contribution is 5.99. The summed E-state index contributed by atoms with van der Waals surface area (Å²) in [6.45, 7) is 9.09. The lowest BCUT2D eigenvalue weighted by molar-refractivity contribution is -0.169. The van der Waals surface area contributed by atoms with E-state index < -0.39 is 17.4 Å². The van der Waals surface area contributed by atoms with Crippen molar-refractivity contribution in [1.82, 2.24) is 0 Å². The predicted octanol–water partition coefficient (Wildman–Crippen LogP) is 2.39. The highest BCUT2D eigenvalue weighted by atomic mass is 16.5. The molecule has 0 aliphatic carbocycles. The number of allylic oxidation sites excluding steroid dienone is 1. The van der Waals surface area contributed by atoms with Gasteiger partial charge in [-0.1, -0.05) is 18.9 Å². The SMILES string of the molecule is C=C(C)CC(CCC)(C(=O)O)C(=O)OCC. The van der Waals surface area contributed by atoms with Crippen molar-refractivity contribution in [3.05, 3.63) is 12.2 Å². The van der Waals surface area contributed by atoms with Crippen molar-refractivity contribution in [2.75, 3.05) is 6.61 Å². The molecule has 1 unspecified atom stereocenters. The molecule has 0 aromatic carbocycles. The Hall–Kier alpha value is -1.32. The molecule has 0 heterocycles. The molecule has 1 N–H and O–H groups in total. The Morgan fingerprint density at radius 1 is 1.38 bits per heavy atom. The fourth-order valence-electron chi connectivity index (χ4n) is 1.74. The lowest BCUT2D eigenvalue weighted by Gasteiger charge is -2.26. The average Bonchev–Trinajstić information content (AvgIpc) is 2.16. The Morgan fingerprint density at radius 3 is 2.25 bits per heavy atom. The van der Waals surface area contributed by atoms with E-state index in [1.807, 2.05) is 6.92 Å². The Bertz CT molecular complexity index is 283. The molecule has 0 aromatic rings. The molecule has 0 bridgehead atoms. The monoisotopic (exact) mass is 228 g/mol. The summed E-state index contributed by atoms with van der Waals surface area (Å²) in [5, 5.41) is 9.26. The number of carbonyl (C=O) groups excluding carboxylic acids is 1. The largest absolute Gasteiger partial charge is 0.480 e. The molecule has 0 saturated carbocycles. The molecule has 0 amide bonds. The number of hydrogen-bond donors (Lipinski definition) is 1. The summed E-state index contributed by atoms with van der Waals surface area (Å²) in [5.74, 6) is -1.79. The summed E-state index contributed by atoms with van der Waals surface area (Å²) in [6, 6.07) is 0. The molecule has 0 aromatic heterocycles. The molecule has 0 spiro atoms. The minimum Gasteiger partial charge on any atom is -0.480 e. The Balaban J connectivity index is 5.15. The molecular weight excluding hydrogens is 208 g/mol. The van der Waals surface area contributed by atoms with E-state index in [-0.39, 0.29) is 19.4 Å². The quantitative estimate of drug-likeness (QED) is 0.413. The number of rotatable bonds is 7. The van der Waals surface area contributed by atoms with Gasteiger partial charge in [-0.15, -0.1) is 6.58 Å². The highest BCUT2D eigenvalue weighted by Crippen LogP contribution is 2.33. The Morgan fingerprint density at radius 2 is 1.94 bits per heavy atom. The van der Waals surface area contributed by atoms with Gasteiger partial charge in [0, 0.05) is 0 Å². The van der Waals surface area contributed by atoms with E-state index in [1.165, 1.54) is 0 Å². The van der Waals surface area contributed by atoms with Crippen LogP contribution in [0.1, 0.15) is 40.0 Å². The number of carboxylic acid groups (broad SMARTS) is 1. The number of aliphatic carboxylic acids is 1. The van der Waals surface area contributed by atoms with Crippen LogP contribution in [-0.4, -0.2) is 23.7 Å². The van der Waals surface area contributed by atoms with Crippen LogP contribution in [0.3, 0.4) is 0 Å². The third kappa shape index (κ3) is 3.36. The van der Waals surface area contributed by atoms with Crippen LogP contribution < -0.4 is 0 Å². The fourth-order valence-corrected chi connectivity index (χ4v) is 1.74. The van der Waals surface area contributed by atoms with Crippen LogP contribution in [0.5, 0.6) is 0 Å². The van der Waals surface area contributed by atoms with Crippen molar-refractivity contribution in [3.8, 4) is 0 Å². The summed E-state index contributed by atoms with van der Waals surface area (Å²) >= 11 is 0. The van der Waals surface area contributed by atoms with Gasteiger partial charge in [0.25, 0.3) is 0 Å². The van der Waals surface area contributed by atoms with Crippen LogP contribution >= 0.6 is 0 Å². The maximum atomic E-state index is 11.8. The summed E-state index contributed by atoms with van der Waals surface area (Å²) < 4.78 is 4.86. The third-order valence-electron chi connectivity index (χ3n) is 2.36. The second-order valence-electron chi connectivity index (χ2n) is 3.99.